The highest BCUT2D eigenvalue weighted by Gasteiger charge is 1.97. The molecule has 0 aliphatic heterocycles. The zero-order chi connectivity index (χ0) is 7.82. The number of unbranched alkanes of at least 4 members (excludes halogenated alkanes) is 2. The van der Waals surface area contributed by atoms with Crippen LogP contribution in [0.25, 0.3) is 0 Å². The molecule has 0 spiro atoms. The van der Waals surface area contributed by atoms with Crippen molar-refractivity contribution in [3.63, 3.8) is 0 Å². The van der Waals surface area contributed by atoms with E-state index in [1.807, 2.05) is 0 Å². The van der Waals surface area contributed by atoms with E-state index < -0.39 is 0 Å². The zero-order valence-electron chi connectivity index (χ0n) is 7.52. The first-order valence-corrected chi connectivity index (χ1v) is 3.97. The maximum Gasteiger partial charge on any atom is 0.210 e. The van der Waals surface area contributed by atoms with Crippen LogP contribution in [0.5, 0.6) is 0 Å². The molecule has 0 amide bonds. The number of hydrogen-bond acceptors (Lipinski definition) is 1. The maximum atomic E-state index is 6.70. The minimum absolute atomic E-state index is 0.173. The molecule has 0 saturated heterocycles. The Bertz CT molecular complexity index is 62.3. The molecule has 56 valence electrons. The van der Waals surface area contributed by atoms with Gasteiger partial charge in [-0.05, 0) is 12.8 Å². The smallest absolute Gasteiger partial charge is 0.210 e. The summed E-state index contributed by atoms with van der Waals surface area (Å²) in [4.78, 5) is 0. The second kappa shape index (κ2) is 6.09. The van der Waals surface area contributed by atoms with Crippen molar-refractivity contribution in [1.82, 2.24) is 0 Å². The average molecular weight is 131 g/mol. The lowest BCUT2D eigenvalue weighted by Gasteiger charge is -2.04. The standard InChI is InChI=1S/C8H18O/c1-3-5-6-7-8(9)4-2/h8-9H,3-7H2,1-2H3/i9D. The molecule has 1 atom stereocenters. The minimum Gasteiger partial charge on any atom is -0.393 e. The highest BCUT2D eigenvalue weighted by atomic mass is 16.3. The molecule has 0 radical (unpaired) electrons. The van der Waals surface area contributed by atoms with Gasteiger partial charge in [0.15, 0.2) is 0 Å². The van der Waals surface area contributed by atoms with Crippen LogP contribution in [0, 0.1) is 0 Å². The summed E-state index contributed by atoms with van der Waals surface area (Å²) >= 11 is 0. The lowest BCUT2D eigenvalue weighted by Crippen LogP contribution is -2.02. The van der Waals surface area contributed by atoms with Crippen LogP contribution in [0.15, 0.2) is 0 Å². The fourth-order valence-corrected chi connectivity index (χ4v) is 0.826. The molecule has 0 heterocycles. The molecule has 0 fully saturated rings. The van der Waals surface area contributed by atoms with Gasteiger partial charge in [-0.25, -0.2) is 0 Å². The Morgan fingerprint density at radius 1 is 1.44 bits per heavy atom. The van der Waals surface area contributed by atoms with Gasteiger partial charge in [-0.2, -0.15) is 0 Å². The predicted molar refractivity (Wildman–Crippen MR) is 40.4 cm³/mol. The third kappa shape index (κ3) is 5.84. The van der Waals surface area contributed by atoms with E-state index >= 15 is 0 Å². The molecule has 0 aromatic heterocycles. The van der Waals surface area contributed by atoms with Gasteiger partial charge in [0.1, 0.15) is 0 Å². The van der Waals surface area contributed by atoms with Crippen molar-refractivity contribution in [1.29, 1.82) is 1.43 Å². The maximum absolute atomic E-state index is 6.70. The lowest BCUT2D eigenvalue weighted by atomic mass is 10.1. The number of aliphatic hydroxyl groups is 1. The second-order valence-electron chi connectivity index (χ2n) is 2.53. The van der Waals surface area contributed by atoms with E-state index in [0.717, 1.165) is 12.8 Å². The molecule has 0 aromatic rings. The largest absolute Gasteiger partial charge is 0.393 e. The van der Waals surface area contributed by atoms with E-state index in [-0.39, 0.29) is 6.10 Å². The van der Waals surface area contributed by atoms with Crippen LogP contribution in [0.2, 0.25) is 0 Å². The van der Waals surface area contributed by atoms with Crippen molar-refractivity contribution in [3.05, 3.63) is 0 Å². The summed E-state index contributed by atoms with van der Waals surface area (Å²) < 4.78 is 6.70. The first-order valence-electron chi connectivity index (χ1n) is 4.37. The Hall–Kier alpha value is -0.0400. The van der Waals surface area contributed by atoms with Gasteiger partial charge < -0.3 is 5.11 Å². The predicted octanol–water partition coefficient (Wildman–Crippen LogP) is 2.34. The average Bonchev–Trinajstić information content (AvgIpc) is 1.99. The van der Waals surface area contributed by atoms with Gasteiger partial charge in [-0.3, -0.25) is 0 Å². The Morgan fingerprint density at radius 2 is 2.22 bits per heavy atom. The fraction of sp³-hybridized carbons (Fsp3) is 1.00. The summed E-state index contributed by atoms with van der Waals surface area (Å²) in [5.41, 5.74) is 0. The topological polar surface area (TPSA) is 20.2 Å². The molecule has 0 bridgehead atoms. The van der Waals surface area contributed by atoms with E-state index in [2.05, 4.69) is 19.0 Å². The van der Waals surface area contributed by atoms with E-state index in [0.29, 0.717) is 0 Å². The molecule has 1 N–H and O–H groups in total. The van der Waals surface area contributed by atoms with Gasteiger partial charge in [0, 0.05) is 0 Å². The highest BCUT2D eigenvalue weighted by Crippen LogP contribution is 2.04. The third-order valence-electron chi connectivity index (χ3n) is 1.58. The summed E-state index contributed by atoms with van der Waals surface area (Å²) in [5, 5.41) is 4.50. The second-order valence-corrected chi connectivity index (χ2v) is 2.53. The zero-order valence-corrected chi connectivity index (χ0v) is 6.52. The van der Waals surface area contributed by atoms with Crippen LogP contribution in [0.4, 0.5) is 0 Å². The highest BCUT2D eigenvalue weighted by molar-refractivity contribution is 4.51. The summed E-state index contributed by atoms with van der Waals surface area (Å²) in [6.07, 6.45) is 5.90. The Balaban J connectivity index is 3.09. The molecule has 1 heteroatoms. The van der Waals surface area contributed by atoms with Gasteiger partial charge in [0.05, 0.1) is 6.10 Å². The Labute approximate surface area is 59.6 Å². The SMILES string of the molecule is [2H]OC(CC)CCCCC. The first-order chi connectivity index (χ1) is 4.85. The molecule has 9 heavy (non-hydrogen) atoms. The molecule has 0 aromatic carbocycles. The van der Waals surface area contributed by atoms with Gasteiger partial charge in [0.25, 0.3) is 0 Å². The summed E-state index contributed by atoms with van der Waals surface area (Å²) in [6, 6.07) is 0. The van der Waals surface area contributed by atoms with Crippen molar-refractivity contribution in [3.8, 4) is 0 Å². The van der Waals surface area contributed by atoms with E-state index in [4.69, 9.17) is 1.43 Å². The molecule has 0 rings (SSSR count). The van der Waals surface area contributed by atoms with Crippen LogP contribution in [0.1, 0.15) is 46.0 Å². The summed E-state index contributed by atoms with van der Waals surface area (Å²) in [7, 11) is 0. The first kappa shape index (κ1) is 7.07. The van der Waals surface area contributed by atoms with E-state index in [9.17, 15) is 0 Å². The monoisotopic (exact) mass is 131 g/mol. The van der Waals surface area contributed by atoms with Crippen LogP contribution in [-0.2, 0) is 0 Å². The quantitative estimate of drug-likeness (QED) is 0.548. The van der Waals surface area contributed by atoms with Crippen molar-refractivity contribution in [2.45, 2.75) is 52.1 Å². The van der Waals surface area contributed by atoms with E-state index in [1.165, 1.54) is 19.3 Å². The Kier molecular flexibility index (Phi) is 4.78. The van der Waals surface area contributed by atoms with Gasteiger partial charge in [-0.1, -0.05) is 33.1 Å². The summed E-state index contributed by atoms with van der Waals surface area (Å²) in [5.74, 6) is 0. The van der Waals surface area contributed by atoms with Crippen LogP contribution in [0.3, 0.4) is 0 Å². The van der Waals surface area contributed by atoms with Crippen molar-refractivity contribution < 1.29 is 5.11 Å². The number of rotatable bonds is 6. The third-order valence-corrected chi connectivity index (χ3v) is 1.58. The molecule has 0 aliphatic carbocycles. The van der Waals surface area contributed by atoms with Crippen molar-refractivity contribution in [2.24, 2.45) is 0 Å². The van der Waals surface area contributed by atoms with Crippen LogP contribution >= 0.6 is 0 Å². The fourth-order valence-electron chi connectivity index (χ4n) is 0.826. The van der Waals surface area contributed by atoms with Gasteiger partial charge >= 0.3 is 0 Å². The van der Waals surface area contributed by atoms with Crippen LogP contribution < -0.4 is 0 Å². The lowest BCUT2D eigenvalue weighted by molar-refractivity contribution is 0.156. The molecule has 1 unspecified atom stereocenters. The molecule has 0 saturated carbocycles. The van der Waals surface area contributed by atoms with Crippen molar-refractivity contribution >= 4 is 0 Å². The van der Waals surface area contributed by atoms with Gasteiger partial charge in [-0.15, -0.1) is 0 Å². The van der Waals surface area contributed by atoms with Gasteiger partial charge in [0.2, 0.25) is 1.43 Å². The van der Waals surface area contributed by atoms with Crippen molar-refractivity contribution in [2.75, 3.05) is 0 Å². The normalized spacial score (nSPS) is 15.1. The van der Waals surface area contributed by atoms with Crippen LogP contribution in [-0.4, -0.2) is 12.6 Å². The molecule has 1 nitrogen and oxygen atoms in total. The number of hydrogen-bond donors (Lipinski definition) is 1. The number of aliphatic hydroxyl groups excluding tert-OH is 1. The molecular weight excluding hydrogens is 112 g/mol. The minimum atomic E-state index is 0.173. The van der Waals surface area contributed by atoms with E-state index in [1.54, 1.807) is 0 Å². The summed E-state index contributed by atoms with van der Waals surface area (Å²) in [6.45, 7) is 4.24. The molecule has 0 aliphatic rings. The molecular formula is C8H18O. The Morgan fingerprint density at radius 3 is 2.67 bits per heavy atom.